The average molecular weight is 352 g/mol. The van der Waals surface area contributed by atoms with Gasteiger partial charge in [0.15, 0.2) is 5.69 Å². The molecule has 1 unspecified atom stereocenters. The van der Waals surface area contributed by atoms with Crippen molar-refractivity contribution in [3.63, 3.8) is 0 Å². The van der Waals surface area contributed by atoms with Crippen molar-refractivity contribution in [3.8, 4) is 0 Å². The van der Waals surface area contributed by atoms with E-state index in [1.54, 1.807) is 4.90 Å². The van der Waals surface area contributed by atoms with Crippen molar-refractivity contribution >= 4 is 38.7 Å². The lowest BCUT2D eigenvalue weighted by Crippen LogP contribution is -2.42. The number of H-pyrrole nitrogens is 1. The number of likely N-dealkylation sites (tertiary alicyclic amines) is 1. The first kappa shape index (κ1) is 14.1. The number of benzene rings is 1. The van der Waals surface area contributed by atoms with Gasteiger partial charge in [0, 0.05) is 22.9 Å². The molecule has 6 nitrogen and oxygen atoms in total. The van der Waals surface area contributed by atoms with Gasteiger partial charge in [-0.1, -0.05) is 15.9 Å². The number of hydrogen-bond donors (Lipinski definition) is 2. The first-order chi connectivity index (χ1) is 10.1. The van der Waals surface area contributed by atoms with Crippen LogP contribution in [0.2, 0.25) is 0 Å². The summed E-state index contributed by atoms with van der Waals surface area (Å²) in [6.07, 6.45) is 1.32. The number of rotatable bonds is 2. The average Bonchev–Trinajstić information content (AvgIpc) is 2.89. The molecule has 110 valence electrons. The highest BCUT2D eigenvalue weighted by Gasteiger charge is 2.30. The Bertz CT molecular complexity index is 713. The van der Waals surface area contributed by atoms with Crippen LogP contribution >= 0.6 is 15.9 Å². The zero-order chi connectivity index (χ0) is 15.0. The molecule has 2 heterocycles. The quantitative estimate of drug-likeness (QED) is 0.868. The topological polar surface area (TPSA) is 86.3 Å². The predicted molar refractivity (Wildman–Crippen MR) is 80.1 cm³/mol. The van der Waals surface area contributed by atoms with Gasteiger partial charge in [0.1, 0.15) is 0 Å². The van der Waals surface area contributed by atoms with E-state index in [0.717, 1.165) is 15.4 Å². The second kappa shape index (κ2) is 5.48. The van der Waals surface area contributed by atoms with Gasteiger partial charge in [-0.05, 0) is 31.0 Å². The third kappa shape index (κ3) is 2.65. The Balaban J connectivity index is 1.90. The van der Waals surface area contributed by atoms with E-state index in [1.807, 2.05) is 18.2 Å². The monoisotopic (exact) mass is 351 g/mol. The fourth-order valence-corrected chi connectivity index (χ4v) is 3.02. The molecule has 1 aliphatic rings. The van der Waals surface area contributed by atoms with Crippen LogP contribution in [0.25, 0.3) is 10.9 Å². The fourth-order valence-electron chi connectivity index (χ4n) is 2.66. The number of amides is 1. The number of nitrogens with one attached hydrogen (secondary N) is 1. The molecule has 0 spiro atoms. The number of carboxylic acids is 1. The molecule has 1 atom stereocenters. The van der Waals surface area contributed by atoms with Crippen LogP contribution in [0.3, 0.4) is 0 Å². The summed E-state index contributed by atoms with van der Waals surface area (Å²) >= 11 is 3.38. The van der Waals surface area contributed by atoms with Gasteiger partial charge in [0.05, 0.1) is 11.4 Å². The molecule has 2 aromatic rings. The number of fused-ring (bicyclic) bond motifs is 1. The fraction of sp³-hybridized carbons (Fsp3) is 0.357. The number of carboxylic acid groups (broad SMARTS) is 1. The number of aromatic nitrogens is 2. The van der Waals surface area contributed by atoms with Crippen molar-refractivity contribution in [1.29, 1.82) is 0 Å². The van der Waals surface area contributed by atoms with Gasteiger partial charge in [-0.2, -0.15) is 5.10 Å². The molecule has 1 aromatic carbocycles. The number of aromatic amines is 1. The molecule has 0 radical (unpaired) electrons. The summed E-state index contributed by atoms with van der Waals surface area (Å²) in [4.78, 5) is 25.3. The number of aliphatic carboxylic acids is 1. The summed E-state index contributed by atoms with van der Waals surface area (Å²) in [5, 5.41) is 16.8. The molecular weight excluding hydrogens is 338 g/mol. The van der Waals surface area contributed by atoms with Gasteiger partial charge in [0.25, 0.3) is 5.91 Å². The maximum atomic E-state index is 12.6. The van der Waals surface area contributed by atoms with E-state index in [9.17, 15) is 9.59 Å². The van der Waals surface area contributed by atoms with Crippen LogP contribution in [0.1, 0.15) is 23.3 Å². The van der Waals surface area contributed by atoms with E-state index in [4.69, 9.17) is 5.11 Å². The van der Waals surface area contributed by atoms with E-state index in [-0.39, 0.29) is 12.5 Å². The summed E-state index contributed by atoms with van der Waals surface area (Å²) in [6, 6.07) is 5.56. The molecule has 0 bridgehead atoms. The lowest BCUT2D eigenvalue weighted by molar-refractivity contribution is -0.143. The molecule has 1 aromatic heterocycles. The minimum Gasteiger partial charge on any atom is -0.481 e. The standard InChI is InChI=1S/C14H14BrN3O3/c15-9-3-4-11-10(6-9)12(17-16-11)13(19)18-5-1-2-8(7-18)14(20)21/h3-4,6,8H,1-2,5,7H2,(H,16,17)(H,20,21). The highest BCUT2D eigenvalue weighted by Crippen LogP contribution is 2.24. The van der Waals surface area contributed by atoms with Crippen LogP contribution in [0.5, 0.6) is 0 Å². The number of carbonyl (C=O) groups excluding carboxylic acids is 1. The first-order valence-electron chi connectivity index (χ1n) is 6.72. The Labute approximate surface area is 129 Å². The molecular formula is C14H14BrN3O3. The molecule has 0 saturated carbocycles. The van der Waals surface area contributed by atoms with Crippen LogP contribution in [-0.2, 0) is 4.79 Å². The van der Waals surface area contributed by atoms with E-state index in [1.165, 1.54) is 0 Å². The molecule has 21 heavy (non-hydrogen) atoms. The number of hydrogen-bond acceptors (Lipinski definition) is 3. The zero-order valence-corrected chi connectivity index (χ0v) is 12.8. The van der Waals surface area contributed by atoms with Crippen molar-refractivity contribution in [3.05, 3.63) is 28.4 Å². The maximum absolute atomic E-state index is 12.6. The van der Waals surface area contributed by atoms with Gasteiger partial charge >= 0.3 is 5.97 Å². The summed E-state index contributed by atoms with van der Waals surface area (Å²) in [5.41, 5.74) is 1.13. The van der Waals surface area contributed by atoms with E-state index in [0.29, 0.717) is 25.1 Å². The van der Waals surface area contributed by atoms with Gasteiger partial charge in [-0.3, -0.25) is 14.7 Å². The molecule has 7 heteroatoms. The molecule has 2 N–H and O–H groups in total. The summed E-state index contributed by atoms with van der Waals surface area (Å²) in [7, 11) is 0. The minimum atomic E-state index is -0.845. The van der Waals surface area contributed by atoms with Crippen LogP contribution in [-0.4, -0.2) is 45.2 Å². The molecule has 1 saturated heterocycles. The van der Waals surface area contributed by atoms with Gasteiger partial charge in [-0.25, -0.2) is 0 Å². The second-order valence-electron chi connectivity index (χ2n) is 5.19. The Morgan fingerprint density at radius 1 is 1.43 bits per heavy atom. The SMILES string of the molecule is O=C(O)C1CCCN(C(=O)c2n[nH]c3ccc(Br)cc23)C1. The molecule has 1 fully saturated rings. The largest absolute Gasteiger partial charge is 0.481 e. The van der Waals surface area contributed by atoms with Crippen molar-refractivity contribution in [2.24, 2.45) is 5.92 Å². The van der Waals surface area contributed by atoms with Crippen LogP contribution in [0.15, 0.2) is 22.7 Å². The van der Waals surface area contributed by atoms with Crippen LogP contribution in [0.4, 0.5) is 0 Å². The lowest BCUT2D eigenvalue weighted by atomic mass is 9.98. The third-order valence-corrected chi connectivity index (χ3v) is 4.28. The molecule has 1 amide bonds. The van der Waals surface area contributed by atoms with E-state index in [2.05, 4.69) is 26.1 Å². The maximum Gasteiger partial charge on any atom is 0.308 e. The number of carbonyl (C=O) groups is 2. The second-order valence-corrected chi connectivity index (χ2v) is 6.11. The van der Waals surface area contributed by atoms with Crippen molar-refractivity contribution < 1.29 is 14.7 Å². The smallest absolute Gasteiger partial charge is 0.308 e. The van der Waals surface area contributed by atoms with Crippen LogP contribution < -0.4 is 0 Å². The highest BCUT2D eigenvalue weighted by molar-refractivity contribution is 9.10. The van der Waals surface area contributed by atoms with E-state index < -0.39 is 11.9 Å². The number of piperidine rings is 1. The first-order valence-corrected chi connectivity index (χ1v) is 7.51. The molecule has 3 rings (SSSR count). The Hall–Kier alpha value is -1.89. The van der Waals surface area contributed by atoms with Crippen molar-refractivity contribution in [2.75, 3.05) is 13.1 Å². The molecule has 0 aliphatic carbocycles. The lowest BCUT2D eigenvalue weighted by Gasteiger charge is -2.30. The zero-order valence-electron chi connectivity index (χ0n) is 11.2. The van der Waals surface area contributed by atoms with E-state index >= 15 is 0 Å². The number of halogens is 1. The predicted octanol–water partition coefficient (Wildman–Crippen LogP) is 2.26. The Kier molecular flexibility index (Phi) is 3.67. The Morgan fingerprint density at radius 3 is 3.00 bits per heavy atom. The van der Waals surface area contributed by atoms with Crippen LogP contribution in [0, 0.1) is 5.92 Å². The summed E-state index contributed by atoms with van der Waals surface area (Å²) in [6.45, 7) is 0.821. The summed E-state index contributed by atoms with van der Waals surface area (Å²) in [5.74, 6) is -1.55. The van der Waals surface area contributed by atoms with Gasteiger partial charge in [-0.15, -0.1) is 0 Å². The van der Waals surface area contributed by atoms with Gasteiger partial charge in [0.2, 0.25) is 0 Å². The third-order valence-electron chi connectivity index (χ3n) is 3.79. The normalized spacial score (nSPS) is 18.9. The molecule has 1 aliphatic heterocycles. The van der Waals surface area contributed by atoms with Crippen molar-refractivity contribution in [2.45, 2.75) is 12.8 Å². The number of nitrogens with zero attached hydrogens (tertiary/aromatic N) is 2. The minimum absolute atomic E-state index is 0.217. The van der Waals surface area contributed by atoms with Crippen molar-refractivity contribution in [1.82, 2.24) is 15.1 Å². The highest BCUT2D eigenvalue weighted by atomic mass is 79.9. The Morgan fingerprint density at radius 2 is 2.24 bits per heavy atom. The van der Waals surface area contributed by atoms with Gasteiger partial charge < -0.3 is 10.0 Å². The summed E-state index contributed by atoms with van der Waals surface area (Å²) < 4.78 is 0.868.